The van der Waals surface area contributed by atoms with E-state index in [1.54, 1.807) is 19.1 Å². The first-order valence-electron chi connectivity index (χ1n) is 8.96. The number of hydrogen-bond donors (Lipinski definition) is 1. The predicted octanol–water partition coefficient (Wildman–Crippen LogP) is 4.94. The van der Waals surface area contributed by atoms with E-state index in [4.69, 9.17) is 4.42 Å². The van der Waals surface area contributed by atoms with Crippen molar-refractivity contribution in [3.63, 3.8) is 0 Å². The molecule has 0 saturated carbocycles. The second-order valence-corrected chi connectivity index (χ2v) is 8.88. The van der Waals surface area contributed by atoms with E-state index in [1.807, 2.05) is 43.3 Å². The van der Waals surface area contributed by atoms with Gasteiger partial charge in [0.15, 0.2) is 15.6 Å². The highest BCUT2D eigenvalue weighted by atomic mass is 32.2. The van der Waals surface area contributed by atoms with Crippen LogP contribution in [-0.4, -0.2) is 20.1 Å². The molecule has 1 N–H and O–H groups in total. The highest BCUT2D eigenvalue weighted by Gasteiger charge is 2.19. The zero-order valence-electron chi connectivity index (χ0n) is 15.5. The first-order valence-corrected chi connectivity index (χ1v) is 10.6. The largest absolute Gasteiger partial charge is 0.450 e. The average Bonchev–Trinajstić information content (AvgIpc) is 3.05. The number of carbonyl (C=O) groups excluding carboxylic acids is 1. The van der Waals surface area contributed by atoms with E-state index in [1.165, 1.54) is 12.1 Å². The summed E-state index contributed by atoms with van der Waals surface area (Å²) in [4.78, 5) is 13.0. The fourth-order valence-corrected chi connectivity index (χ4v) is 4.15. The van der Waals surface area contributed by atoms with Crippen molar-refractivity contribution in [2.75, 3.05) is 11.1 Å². The maximum Gasteiger partial charge on any atom is 0.291 e. The third kappa shape index (κ3) is 3.05. The maximum absolute atomic E-state index is 12.8. The molecule has 4 rings (SSSR count). The standard InChI is InChI=1S/C22H19NO4S/c1-3-28(25,26)17-11-9-16(10-12-17)23-22(24)20-14(2)18-13-8-15-6-4-5-7-19(15)21(18)27-20/h4-13H,3H2,1-2H3,(H,23,24). The minimum Gasteiger partial charge on any atom is -0.450 e. The number of nitrogens with one attached hydrogen (secondary N) is 1. The van der Waals surface area contributed by atoms with Crippen LogP contribution in [-0.2, 0) is 9.84 Å². The molecule has 5 nitrogen and oxygen atoms in total. The molecule has 142 valence electrons. The molecule has 0 saturated heterocycles. The third-order valence-corrected chi connectivity index (χ3v) is 6.64. The van der Waals surface area contributed by atoms with Crippen molar-refractivity contribution in [3.05, 3.63) is 72.0 Å². The molecular formula is C22H19NO4S. The number of furan rings is 1. The summed E-state index contributed by atoms with van der Waals surface area (Å²) in [5.41, 5.74) is 1.96. The molecule has 28 heavy (non-hydrogen) atoms. The van der Waals surface area contributed by atoms with Crippen LogP contribution in [0.3, 0.4) is 0 Å². The summed E-state index contributed by atoms with van der Waals surface area (Å²) in [6.45, 7) is 3.45. The molecular weight excluding hydrogens is 374 g/mol. The summed E-state index contributed by atoms with van der Waals surface area (Å²) in [6, 6.07) is 18.0. The minimum absolute atomic E-state index is 0.0326. The van der Waals surface area contributed by atoms with Crippen LogP contribution in [0.15, 0.2) is 70.0 Å². The molecule has 1 aromatic heterocycles. The van der Waals surface area contributed by atoms with Crippen LogP contribution in [0.4, 0.5) is 5.69 Å². The van der Waals surface area contributed by atoms with Crippen LogP contribution in [0.5, 0.6) is 0 Å². The highest BCUT2D eigenvalue weighted by Crippen LogP contribution is 2.32. The Kier molecular flexibility index (Phi) is 4.43. The van der Waals surface area contributed by atoms with Gasteiger partial charge in [-0.05, 0) is 36.6 Å². The molecule has 6 heteroatoms. The number of carbonyl (C=O) groups is 1. The SMILES string of the molecule is CCS(=O)(=O)c1ccc(NC(=O)c2oc3c(ccc4ccccc43)c2C)cc1. The first-order chi connectivity index (χ1) is 13.4. The van der Waals surface area contributed by atoms with E-state index in [9.17, 15) is 13.2 Å². The number of rotatable bonds is 4. The van der Waals surface area contributed by atoms with E-state index in [2.05, 4.69) is 5.32 Å². The van der Waals surface area contributed by atoms with Gasteiger partial charge in [0, 0.05) is 22.0 Å². The van der Waals surface area contributed by atoms with E-state index in [0.29, 0.717) is 11.3 Å². The van der Waals surface area contributed by atoms with Gasteiger partial charge < -0.3 is 9.73 Å². The lowest BCUT2D eigenvalue weighted by atomic mass is 10.1. The molecule has 0 spiro atoms. The number of anilines is 1. The van der Waals surface area contributed by atoms with Gasteiger partial charge in [-0.15, -0.1) is 0 Å². The van der Waals surface area contributed by atoms with Gasteiger partial charge in [0.25, 0.3) is 5.91 Å². The lowest BCUT2D eigenvalue weighted by Crippen LogP contribution is -2.12. The van der Waals surface area contributed by atoms with Gasteiger partial charge in [-0.3, -0.25) is 4.79 Å². The summed E-state index contributed by atoms with van der Waals surface area (Å²) in [6.07, 6.45) is 0. The van der Waals surface area contributed by atoms with Crippen LogP contribution in [0.25, 0.3) is 21.7 Å². The third-order valence-electron chi connectivity index (χ3n) is 4.89. The van der Waals surface area contributed by atoms with Gasteiger partial charge >= 0.3 is 0 Å². The topological polar surface area (TPSA) is 76.4 Å². The smallest absolute Gasteiger partial charge is 0.291 e. The summed E-state index contributed by atoms with van der Waals surface area (Å²) < 4.78 is 29.7. The molecule has 0 radical (unpaired) electrons. The van der Waals surface area contributed by atoms with E-state index in [-0.39, 0.29) is 22.3 Å². The molecule has 3 aromatic carbocycles. The Morgan fingerprint density at radius 2 is 1.68 bits per heavy atom. The number of hydrogen-bond acceptors (Lipinski definition) is 4. The first kappa shape index (κ1) is 18.3. The lowest BCUT2D eigenvalue weighted by molar-refractivity contribution is 0.0998. The average molecular weight is 393 g/mol. The molecule has 0 fully saturated rings. The van der Waals surface area contributed by atoms with Gasteiger partial charge in [0.1, 0.15) is 5.58 Å². The number of benzene rings is 3. The lowest BCUT2D eigenvalue weighted by Gasteiger charge is -2.06. The van der Waals surface area contributed by atoms with E-state index < -0.39 is 9.84 Å². The van der Waals surface area contributed by atoms with Crippen LogP contribution < -0.4 is 5.32 Å². The molecule has 0 atom stereocenters. The van der Waals surface area contributed by atoms with Crippen molar-refractivity contribution in [3.8, 4) is 0 Å². The zero-order chi connectivity index (χ0) is 19.9. The molecule has 0 bridgehead atoms. The predicted molar refractivity (Wildman–Crippen MR) is 111 cm³/mol. The van der Waals surface area contributed by atoms with Crippen LogP contribution in [0, 0.1) is 6.92 Å². The normalized spacial score (nSPS) is 11.8. The van der Waals surface area contributed by atoms with Gasteiger partial charge in [-0.2, -0.15) is 0 Å². The number of fused-ring (bicyclic) bond motifs is 3. The summed E-state index contributed by atoms with van der Waals surface area (Å²) in [5, 5.41) is 5.67. The molecule has 0 aliphatic rings. The van der Waals surface area contributed by atoms with Gasteiger partial charge in [0.2, 0.25) is 0 Å². The van der Waals surface area contributed by atoms with Crippen molar-refractivity contribution in [2.45, 2.75) is 18.7 Å². The van der Waals surface area contributed by atoms with E-state index in [0.717, 1.165) is 21.7 Å². The minimum atomic E-state index is -3.27. The fraction of sp³-hybridized carbons (Fsp3) is 0.136. The Labute approximate surface area is 162 Å². The number of amides is 1. The van der Waals surface area contributed by atoms with E-state index >= 15 is 0 Å². The molecule has 0 aliphatic heterocycles. The Hall–Kier alpha value is -3.12. The molecule has 4 aromatic rings. The zero-order valence-corrected chi connectivity index (χ0v) is 16.3. The maximum atomic E-state index is 12.8. The van der Waals surface area contributed by atoms with Crippen molar-refractivity contribution < 1.29 is 17.6 Å². The van der Waals surface area contributed by atoms with Crippen LogP contribution >= 0.6 is 0 Å². The van der Waals surface area contributed by atoms with Crippen LogP contribution in [0.2, 0.25) is 0 Å². The number of sulfone groups is 1. The van der Waals surface area contributed by atoms with Crippen LogP contribution in [0.1, 0.15) is 23.0 Å². The van der Waals surface area contributed by atoms with Gasteiger partial charge in [0.05, 0.1) is 10.6 Å². The highest BCUT2D eigenvalue weighted by molar-refractivity contribution is 7.91. The van der Waals surface area contributed by atoms with Crippen molar-refractivity contribution >= 4 is 43.2 Å². The van der Waals surface area contributed by atoms with Crippen molar-refractivity contribution in [2.24, 2.45) is 0 Å². The number of aryl methyl sites for hydroxylation is 1. The Balaban J connectivity index is 1.68. The van der Waals surface area contributed by atoms with Gasteiger partial charge in [-0.1, -0.05) is 43.3 Å². The quantitative estimate of drug-likeness (QED) is 0.533. The molecule has 0 aliphatic carbocycles. The van der Waals surface area contributed by atoms with Crippen molar-refractivity contribution in [1.29, 1.82) is 0 Å². The second kappa shape index (κ2) is 6.80. The second-order valence-electron chi connectivity index (χ2n) is 6.60. The van der Waals surface area contributed by atoms with Crippen molar-refractivity contribution in [1.82, 2.24) is 0 Å². The fourth-order valence-electron chi connectivity index (χ4n) is 3.27. The monoisotopic (exact) mass is 393 g/mol. The molecule has 1 heterocycles. The molecule has 1 amide bonds. The van der Waals surface area contributed by atoms with Gasteiger partial charge in [-0.25, -0.2) is 8.42 Å². The summed E-state index contributed by atoms with van der Waals surface area (Å²) in [5.74, 6) is -0.0920. The Bertz CT molecular complexity index is 1300. The summed E-state index contributed by atoms with van der Waals surface area (Å²) >= 11 is 0. The Morgan fingerprint density at radius 1 is 0.964 bits per heavy atom. The summed E-state index contributed by atoms with van der Waals surface area (Å²) in [7, 11) is -3.27. The molecule has 0 unspecified atom stereocenters. The Morgan fingerprint density at radius 3 is 2.39 bits per heavy atom.